The highest BCUT2D eigenvalue weighted by Crippen LogP contribution is 2.34. The van der Waals surface area contributed by atoms with Crippen LogP contribution in [0, 0.1) is 0 Å². The first kappa shape index (κ1) is 21.1. The number of halogens is 1. The van der Waals surface area contributed by atoms with Crippen molar-refractivity contribution in [2.24, 2.45) is 0 Å². The Bertz CT molecular complexity index is 986. The van der Waals surface area contributed by atoms with Gasteiger partial charge < -0.3 is 14.5 Å². The molecule has 0 N–H and O–H groups in total. The van der Waals surface area contributed by atoms with E-state index in [-0.39, 0.29) is 18.2 Å². The summed E-state index contributed by atoms with van der Waals surface area (Å²) in [6.45, 7) is 6.26. The van der Waals surface area contributed by atoms with Gasteiger partial charge in [-0.3, -0.25) is 9.78 Å². The van der Waals surface area contributed by atoms with Gasteiger partial charge in [0.1, 0.15) is 5.75 Å². The summed E-state index contributed by atoms with van der Waals surface area (Å²) in [5, 5.41) is 0.970. The first-order valence-electron chi connectivity index (χ1n) is 9.76. The average molecular weight is 412 g/mol. The molecule has 0 aliphatic carbocycles. The highest BCUT2D eigenvalue weighted by Gasteiger charge is 2.24. The van der Waals surface area contributed by atoms with E-state index in [1.54, 1.807) is 6.20 Å². The maximum absolute atomic E-state index is 13.3. The van der Waals surface area contributed by atoms with Gasteiger partial charge in [0.15, 0.2) is 5.78 Å². The lowest BCUT2D eigenvalue weighted by atomic mass is 9.99. The third-order valence-corrected chi connectivity index (χ3v) is 5.22. The van der Waals surface area contributed by atoms with Crippen molar-refractivity contribution in [2.45, 2.75) is 6.92 Å². The van der Waals surface area contributed by atoms with Crippen LogP contribution in [0.5, 0.6) is 5.75 Å². The number of fused-ring (bicyclic) bond motifs is 1. The van der Waals surface area contributed by atoms with Crippen LogP contribution in [0.4, 0.5) is 5.69 Å². The van der Waals surface area contributed by atoms with Crippen molar-refractivity contribution in [3.8, 4) is 5.75 Å². The van der Waals surface area contributed by atoms with Gasteiger partial charge in [-0.1, -0.05) is 30.3 Å². The van der Waals surface area contributed by atoms with Crippen LogP contribution in [0.3, 0.4) is 0 Å². The van der Waals surface area contributed by atoms with Crippen LogP contribution in [-0.2, 0) is 0 Å². The number of benzene rings is 2. The summed E-state index contributed by atoms with van der Waals surface area (Å²) in [6.07, 6.45) is 1.73. The van der Waals surface area contributed by atoms with E-state index in [4.69, 9.17) is 4.74 Å². The van der Waals surface area contributed by atoms with Crippen molar-refractivity contribution in [3.63, 3.8) is 0 Å². The lowest BCUT2D eigenvalue weighted by Gasteiger charge is -2.35. The third-order valence-electron chi connectivity index (χ3n) is 5.22. The summed E-state index contributed by atoms with van der Waals surface area (Å²) in [5.41, 5.74) is 3.17. The number of likely N-dealkylation sites (N-methyl/N-ethyl adjacent to an activating group) is 1. The topological polar surface area (TPSA) is 45.7 Å². The molecule has 3 aromatic rings. The maximum Gasteiger partial charge on any atom is 0.196 e. The summed E-state index contributed by atoms with van der Waals surface area (Å²) < 4.78 is 5.72. The van der Waals surface area contributed by atoms with Crippen molar-refractivity contribution >= 4 is 34.8 Å². The number of nitrogens with zero attached hydrogens (tertiary/aromatic N) is 3. The number of ketones is 1. The Morgan fingerprint density at radius 3 is 2.48 bits per heavy atom. The molecule has 0 amide bonds. The molecule has 0 spiro atoms. The van der Waals surface area contributed by atoms with E-state index in [1.807, 2.05) is 55.5 Å². The number of pyridine rings is 1. The molecule has 1 aliphatic rings. The summed E-state index contributed by atoms with van der Waals surface area (Å²) in [6, 6.07) is 15.3. The fourth-order valence-electron chi connectivity index (χ4n) is 3.70. The zero-order valence-corrected chi connectivity index (χ0v) is 17.6. The van der Waals surface area contributed by atoms with Gasteiger partial charge in [-0.15, -0.1) is 12.4 Å². The molecule has 4 rings (SSSR count). The van der Waals surface area contributed by atoms with Gasteiger partial charge in [0.25, 0.3) is 0 Å². The second-order valence-electron chi connectivity index (χ2n) is 7.12. The molecular weight excluding hydrogens is 386 g/mol. The molecule has 5 nitrogen and oxygen atoms in total. The van der Waals surface area contributed by atoms with Crippen LogP contribution in [0.25, 0.3) is 10.9 Å². The normalized spacial score (nSPS) is 14.5. The minimum atomic E-state index is 0. The predicted molar refractivity (Wildman–Crippen MR) is 120 cm³/mol. The molecule has 2 aromatic carbocycles. The molecule has 1 aromatic heterocycles. The number of ether oxygens (including phenoxy) is 1. The monoisotopic (exact) mass is 411 g/mol. The first-order valence-corrected chi connectivity index (χ1v) is 9.76. The van der Waals surface area contributed by atoms with Crippen molar-refractivity contribution in [2.75, 3.05) is 44.7 Å². The van der Waals surface area contributed by atoms with E-state index in [0.717, 1.165) is 48.5 Å². The van der Waals surface area contributed by atoms with E-state index >= 15 is 0 Å². The Balaban J connectivity index is 0.00000240. The van der Waals surface area contributed by atoms with Crippen LogP contribution >= 0.6 is 12.4 Å². The Morgan fingerprint density at radius 2 is 1.79 bits per heavy atom. The summed E-state index contributed by atoms with van der Waals surface area (Å²) in [5.74, 6) is 0.808. The maximum atomic E-state index is 13.3. The molecule has 1 fully saturated rings. The van der Waals surface area contributed by atoms with E-state index in [0.29, 0.717) is 17.7 Å². The number of rotatable bonds is 5. The van der Waals surface area contributed by atoms with Crippen LogP contribution < -0.4 is 9.64 Å². The minimum Gasteiger partial charge on any atom is -0.494 e. The Hall–Kier alpha value is -2.63. The predicted octanol–water partition coefficient (Wildman–Crippen LogP) is 4.04. The number of hydrogen-bond acceptors (Lipinski definition) is 5. The summed E-state index contributed by atoms with van der Waals surface area (Å²) >= 11 is 0. The molecular formula is C23H26ClN3O2. The second-order valence-corrected chi connectivity index (χ2v) is 7.12. The van der Waals surface area contributed by atoms with Gasteiger partial charge in [-0.2, -0.15) is 0 Å². The molecule has 0 radical (unpaired) electrons. The number of carbonyl (C=O) groups excluding carboxylic acids is 1. The van der Waals surface area contributed by atoms with Gasteiger partial charge in [0, 0.05) is 43.3 Å². The summed E-state index contributed by atoms with van der Waals surface area (Å²) in [7, 11) is 2.13. The molecule has 29 heavy (non-hydrogen) atoms. The van der Waals surface area contributed by atoms with Crippen LogP contribution in [0.15, 0.2) is 54.7 Å². The molecule has 0 atom stereocenters. The van der Waals surface area contributed by atoms with Crippen molar-refractivity contribution < 1.29 is 9.53 Å². The number of piperazine rings is 1. The first-order chi connectivity index (χ1) is 13.7. The van der Waals surface area contributed by atoms with Gasteiger partial charge >= 0.3 is 0 Å². The Morgan fingerprint density at radius 1 is 1.07 bits per heavy atom. The molecule has 1 saturated heterocycles. The minimum absolute atomic E-state index is 0. The van der Waals surface area contributed by atoms with Crippen LogP contribution in [0.1, 0.15) is 22.8 Å². The molecule has 152 valence electrons. The van der Waals surface area contributed by atoms with E-state index in [2.05, 4.69) is 21.8 Å². The van der Waals surface area contributed by atoms with Gasteiger partial charge in [0.05, 0.1) is 23.4 Å². The average Bonchev–Trinajstić information content (AvgIpc) is 2.74. The highest BCUT2D eigenvalue weighted by molar-refractivity contribution is 6.16. The van der Waals surface area contributed by atoms with Crippen LogP contribution in [-0.4, -0.2) is 55.5 Å². The lowest BCUT2D eigenvalue weighted by Crippen LogP contribution is -2.45. The Labute approximate surface area is 177 Å². The quantitative estimate of drug-likeness (QED) is 0.593. The van der Waals surface area contributed by atoms with Gasteiger partial charge in [0.2, 0.25) is 0 Å². The largest absolute Gasteiger partial charge is 0.494 e. The third kappa shape index (κ3) is 4.36. The number of hydrogen-bond donors (Lipinski definition) is 0. The SMILES string of the molecule is CCOc1ccc2ncc(C(=O)c3ccccc3)c(N3CCN(C)CC3)c2c1.Cl. The van der Waals surface area contributed by atoms with E-state index in [9.17, 15) is 4.79 Å². The van der Waals surface area contributed by atoms with E-state index in [1.165, 1.54) is 0 Å². The molecule has 0 bridgehead atoms. The smallest absolute Gasteiger partial charge is 0.196 e. The number of carbonyl (C=O) groups is 1. The summed E-state index contributed by atoms with van der Waals surface area (Å²) in [4.78, 5) is 22.5. The van der Waals surface area contributed by atoms with Gasteiger partial charge in [-0.05, 0) is 32.2 Å². The second kappa shape index (κ2) is 9.25. The molecule has 6 heteroatoms. The fraction of sp³-hybridized carbons (Fsp3) is 0.304. The standard InChI is InChI=1S/C23H25N3O2.ClH/c1-3-28-18-9-10-21-19(15-18)22(26-13-11-25(2)12-14-26)20(16-24-21)23(27)17-7-5-4-6-8-17;/h4-10,15-16H,3,11-14H2,1-2H3;1H. The van der Waals surface area contributed by atoms with Crippen molar-refractivity contribution in [1.82, 2.24) is 9.88 Å². The zero-order chi connectivity index (χ0) is 19.5. The lowest BCUT2D eigenvalue weighted by molar-refractivity contribution is 0.103. The van der Waals surface area contributed by atoms with E-state index < -0.39 is 0 Å². The molecule has 0 unspecified atom stereocenters. The van der Waals surface area contributed by atoms with Crippen molar-refractivity contribution in [1.29, 1.82) is 0 Å². The zero-order valence-electron chi connectivity index (χ0n) is 16.8. The number of aromatic nitrogens is 1. The van der Waals surface area contributed by atoms with Crippen molar-refractivity contribution in [3.05, 3.63) is 65.9 Å². The molecule has 1 aliphatic heterocycles. The fourth-order valence-corrected chi connectivity index (χ4v) is 3.70. The Kier molecular flexibility index (Phi) is 6.72. The highest BCUT2D eigenvalue weighted by atomic mass is 35.5. The molecule has 2 heterocycles. The number of anilines is 1. The molecule has 0 saturated carbocycles. The van der Waals surface area contributed by atoms with Gasteiger partial charge in [-0.25, -0.2) is 0 Å². The van der Waals surface area contributed by atoms with Crippen LogP contribution in [0.2, 0.25) is 0 Å².